The van der Waals surface area contributed by atoms with E-state index in [0.29, 0.717) is 0 Å². The van der Waals surface area contributed by atoms with Gasteiger partial charge in [-0.15, -0.1) is 11.3 Å². The Kier molecular flexibility index (Phi) is 4.25. The van der Waals surface area contributed by atoms with Gasteiger partial charge in [-0.3, -0.25) is 0 Å². The van der Waals surface area contributed by atoms with E-state index in [0.717, 1.165) is 35.2 Å². The van der Waals surface area contributed by atoms with Crippen molar-refractivity contribution in [2.45, 2.75) is 39.7 Å². The highest BCUT2D eigenvalue weighted by Crippen LogP contribution is 2.23. The monoisotopic (exact) mass is 262 g/mol. The van der Waals surface area contributed by atoms with Gasteiger partial charge in [0.1, 0.15) is 16.6 Å². The highest BCUT2D eigenvalue weighted by Gasteiger charge is 2.12. The number of aryl methyl sites for hydroxylation is 2. The van der Waals surface area contributed by atoms with Crippen LogP contribution in [0.4, 0.5) is 5.82 Å². The predicted molar refractivity (Wildman–Crippen MR) is 74.9 cm³/mol. The van der Waals surface area contributed by atoms with Gasteiger partial charge in [-0.1, -0.05) is 13.8 Å². The SMILES string of the molecule is CCc1cc(NC(CC)c2nccs2)nc(C)n1. The van der Waals surface area contributed by atoms with E-state index in [4.69, 9.17) is 0 Å². The number of aromatic nitrogens is 3. The van der Waals surface area contributed by atoms with Crippen LogP contribution in [-0.4, -0.2) is 15.0 Å². The third-order valence-electron chi connectivity index (χ3n) is 2.73. The van der Waals surface area contributed by atoms with Gasteiger partial charge in [0, 0.05) is 23.3 Å². The Morgan fingerprint density at radius 3 is 2.78 bits per heavy atom. The first-order chi connectivity index (χ1) is 8.72. The zero-order valence-electron chi connectivity index (χ0n) is 11.0. The summed E-state index contributed by atoms with van der Waals surface area (Å²) in [6, 6.07) is 2.24. The summed E-state index contributed by atoms with van der Waals surface area (Å²) in [6.07, 6.45) is 3.75. The molecule has 0 aliphatic heterocycles. The average molecular weight is 262 g/mol. The molecule has 0 saturated carbocycles. The zero-order chi connectivity index (χ0) is 13.0. The smallest absolute Gasteiger partial charge is 0.130 e. The summed E-state index contributed by atoms with van der Waals surface area (Å²) in [7, 11) is 0. The minimum atomic E-state index is 0.226. The van der Waals surface area contributed by atoms with E-state index < -0.39 is 0 Å². The number of thiazole rings is 1. The van der Waals surface area contributed by atoms with Crippen LogP contribution in [-0.2, 0) is 6.42 Å². The standard InChI is InChI=1S/C13H18N4S/c1-4-10-8-12(16-9(3)15-10)17-11(5-2)13-14-6-7-18-13/h6-8,11H,4-5H2,1-3H3,(H,15,16,17). The molecule has 2 aromatic rings. The van der Waals surface area contributed by atoms with Gasteiger partial charge in [0.25, 0.3) is 0 Å². The summed E-state index contributed by atoms with van der Waals surface area (Å²) in [5.74, 6) is 1.70. The van der Waals surface area contributed by atoms with Crippen LogP contribution in [0.15, 0.2) is 17.6 Å². The van der Waals surface area contributed by atoms with Gasteiger partial charge in [0.15, 0.2) is 0 Å². The Morgan fingerprint density at radius 2 is 2.17 bits per heavy atom. The van der Waals surface area contributed by atoms with Crippen LogP contribution in [0.3, 0.4) is 0 Å². The predicted octanol–water partition coefficient (Wildman–Crippen LogP) is 3.37. The molecule has 1 N–H and O–H groups in total. The average Bonchev–Trinajstić information content (AvgIpc) is 2.89. The molecule has 0 aromatic carbocycles. The lowest BCUT2D eigenvalue weighted by atomic mass is 10.2. The second-order valence-electron chi connectivity index (χ2n) is 4.12. The number of anilines is 1. The quantitative estimate of drug-likeness (QED) is 0.897. The Morgan fingerprint density at radius 1 is 1.33 bits per heavy atom. The van der Waals surface area contributed by atoms with E-state index >= 15 is 0 Å². The molecule has 2 heterocycles. The lowest BCUT2D eigenvalue weighted by molar-refractivity contribution is 0.734. The largest absolute Gasteiger partial charge is 0.361 e. The highest BCUT2D eigenvalue weighted by molar-refractivity contribution is 7.09. The summed E-state index contributed by atoms with van der Waals surface area (Å²) < 4.78 is 0. The van der Waals surface area contributed by atoms with Crippen LogP contribution in [0.1, 0.15) is 42.8 Å². The van der Waals surface area contributed by atoms with Crippen LogP contribution in [0.5, 0.6) is 0 Å². The molecule has 0 aliphatic rings. The third-order valence-corrected chi connectivity index (χ3v) is 3.62. The molecule has 2 aromatic heterocycles. The maximum atomic E-state index is 4.43. The maximum absolute atomic E-state index is 4.43. The van der Waals surface area contributed by atoms with Gasteiger partial charge in [0.05, 0.1) is 6.04 Å². The van der Waals surface area contributed by atoms with Crippen LogP contribution in [0.2, 0.25) is 0 Å². The van der Waals surface area contributed by atoms with E-state index in [2.05, 4.69) is 34.1 Å². The first-order valence-electron chi connectivity index (χ1n) is 6.23. The fraction of sp³-hybridized carbons (Fsp3) is 0.462. The van der Waals surface area contributed by atoms with Gasteiger partial charge < -0.3 is 5.32 Å². The Labute approximate surface area is 112 Å². The molecule has 5 heteroatoms. The molecule has 0 saturated heterocycles. The number of rotatable bonds is 5. The lowest BCUT2D eigenvalue weighted by Crippen LogP contribution is -2.11. The molecule has 0 radical (unpaired) electrons. The fourth-order valence-electron chi connectivity index (χ4n) is 1.81. The molecular weight excluding hydrogens is 244 g/mol. The van der Waals surface area contributed by atoms with Crippen molar-refractivity contribution in [3.05, 3.63) is 34.2 Å². The number of nitrogens with zero attached hydrogens (tertiary/aromatic N) is 3. The van der Waals surface area contributed by atoms with Crippen molar-refractivity contribution in [1.82, 2.24) is 15.0 Å². The first-order valence-corrected chi connectivity index (χ1v) is 7.11. The fourth-order valence-corrected chi connectivity index (χ4v) is 2.58. The summed E-state index contributed by atoms with van der Waals surface area (Å²) in [5, 5.41) is 6.55. The van der Waals surface area contributed by atoms with Crippen LogP contribution < -0.4 is 5.32 Å². The third kappa shape index (κ3) is 3.04. The maximum Gasteiger partial charge on any atom is 0.130 e. The molecule has 0 spiro atoms. The summed E-state index contributed by atoms with van der Waals surface area (Å²) in [5.41, 5.74) is 1.07. The molecule has 0 fully saturated rings. The Hall–Kier alpha value is -1.49. The first kappa shape index (κ1) is 13.0. The van der Waals surface area contributed by atoms with Gasteiger partial charge in [-0.2, -0.15) is 0 Å². The molecule has 1 unspecified atom stereocenters. The second-order valence-corrected chi connectivity index (χ2v) is 5.05. The molecule has 0 bridgehead atoms. The van der Waals surface area contributed by atoms with E-state index in [1.54, 1.807) is 11.3 Å². The molecular formula is C13H18N4S. The lowest BCUT2D eigenvalue weighted by Gasteiger charge is -2.15. The molecule has 18 heavy (non-hydrogen) atoms. The number of nitrogens with one attached hydrogen (secondary N) is 1. The van der Waals surface area contributed by atoms with Gasteiger partial charge in [0.2, 0.25) is 0 Å². The highest BCUT2D eigenvalue weighted by atomic mass is 32.1. The van der Waals surface area contributed by atoms with Crippen molar-refractivity contribution in [1.29, 1.82) is 0 Å². The van der Waals surface area contributed by atoms with Crippen molar-refractivity contribution in [2.24, 2.45) is 0 Å². The Balaban J connectivity index is 2.19. The number of hydrogen-bond donors (Lipinski definition) is 1. The van der Waals surface area contributed by atoms with Crippen molar-refractivity contribution in [3.8, 4) is 0 Å². The summed E-state index contributed by atoms with van der Waals surface area (Å²) >= 11 is 1.67. The second kappa shape index (κ2) is 5.91. The Bertz CT molecular complexity index is 496. The van der Waals surface area contributed by atoms with Crippen LogP contribution in [0.25, 0.3) is 0 Å². The summed E-state index contributed by atoms with van der Waals surface area (Å²) in [6.45, 7) is 6.17. The minimum absolute atomic E-state index is 0.226. The van der Waals surface area contributed by atoms with Gasteiger partial charge in [-0.05, 0) is 19.8 Å². The van der Waals surface area contributed by atoms with Gasteiger partial charge in [-0.25, -0.2) is 15.0 Å². The van der Waals surface area contributed by atoms with Crippen molar-refractivity contribution < 1.29 is 0 Å². The van der Waals surface area contributed by atoms with E-state index in [9.17, 15) is 0 Å². The topological polar surface area (TPSA) is 50.7 Å². The molecule has 4 nitrogen and oxygen atoms in total. The van der Waals surface area contributed by atoms with Crippen molar-refractivity contribution >= 4 is 17.2 Å². The molecule has 2 rings (SSSR count). The van der Waals surface area contributed by atoms with E-state index in [1.807, 2.05) is 24.6 Å². The molecule has 0 aliphatic carbocycles. The molecule has 96 valence electrons. The molecule has 0 amide bonds. The molecule has 1 atom stereocenters. The normalized spacial score (nSPS) is 12.4. The zero-order valence-corrected chi connectivity index (χ0v) is 11.8. The van der Waals surface area contributed by atoms with Crippen molar-refractivity contribution in [3.63, 3.8) is 0 Å². The van der Waals surface area contributed by atoms with Crippen molar-refractivity contribution in [2.75, 3.05) is 5.32 Å². The minimum Gasteiger partial charge on any atom is -0.361 e. The summed E-state index contributed by atoms with van der Waals surface area (Å²) in [4.78, 5) is 13.2. The van der Waals surface area contributed by atoms with E-state index in [-0.39, 0.29) is 6.04 Å². The van der Waals surface area contributed by atoms with Crippen LogP contribution in [0, 0.1) is 6.92 Å². The van der Waals surface area contributed by atoms with Gasteiger partial charge >= 0.3 is 0 Å². The van der Waals surface area contributed by atoms with Crippen LogP contribution >= 0.6 is 11.3 Å². The van der Waals surface area contributed by atoms with E-state index in [1.165, 1.54) is 0 Å². The number of hydrogen-bond acceptors (Lipinski definition) is 5.